The second kappa shape index (κ2) is 6.40. The average Bonchev–Trinajstić information content (AvgIpc) is 2.41. The van der Waals surface area contributed by atoms with Crippen molar-refractivity contribution in [1.29, 1.82) is 0 Å². The molecule has 1 aromatic rings. The molecule has 0 radical (unpaired) electrons. The van der Waals surface area contributed by atoms with Crippen LogP contribution in [0.1, 0.15) is 19.3 Å². The summed E-state index contributed by atoms with van der Waals surface area (Å²) in [4.78, 5) is 13.8. The van der Waals surface area contributed by atoms with E-state index in [-0.39, 0.29) is 5.91 Å². The van der Waals surface area contributed by atoms with Crippen LogP contribution in [0.2, 0.25) is 0 Å². The molecule has 1 heterocycles. The van der Waals surface area contributed by atoms with Crippen LogP contribution in [0.25, 0.3) is 0 Å². The molecule has 0 aromatic heterocycles. The van der Waals surface area contributed by atoms with Gasteiger partial charge in [-0.25, -0.2) is 0 Å². The van der Waals surface area contributed by atoms with Gasteiger partial charge in [-0.15, -0.1) is 0 Å². The van der Waals surface area contributed by atoms with Gasteiger partial charge in [0, 0.05) is 37.8 Å². The SMILES string of the molecule is NCCC(=O)NC1CCN(c2ccccc2)CC1. The Morgan fingerprint density at radius 2 is 1.94 bits per heavy atom. The number of nitrogens with two attached hydrogens (primary N) is 1. The van der Waals surface area contributed by atoms with Crippen molar-refractivity contribution in [3.05, 3.63) is 30.3 Å². The van der Waals surface area contributed by atoms with Crippen LogP contribution in [0.15, 0.2) is 30.3 Å². The lowest BCUT2D eigenvalue weighted by Crippen LogP contribution is -2.45. The van der Waals surface area contributed by atoms with E-state index in [0.717, 1.165) is 25.9 Å². The third-order valence-electron chi connectivity index (χ3n) is 3.35. The van der Waals surface area contributed by atoms with Gasteiger partial charge in [-0.2, -0.15) is 0 Å². The van der Waals surface area contributed by atoms with Gasteiger partial charge in [0.2, 0.25) is 5.91 Å². The minimum atomic E-state index is 0.0793. The van der Waals surface area contributed by atoms with Crippen LogP contribution in [0.3, 0.4) is 0 Å². The zero-order valence-corrected chi connectivity index (χ0v) is 10.6. The van der Waals surface area contributed by atoms with Crippen molar-refractivity contribution in [1.82, 2.24) is 5.32 Å². The normalized spacial score (nSPS) is 16.6. The maximum Gasteiger partial charge on any atom is 0.221 e. The molecule has 1 amide bonds. The molecular weight excluding hydrogens is 226 g/mol. The summed E-state index contributed by atoms with van der Waals surface area (Å²) in [5.41, 5.74) is 6.63. The number of hydrogen-bond donors (Lipinski definition) is 2. The van der Waals surface area contributed by atoms with E-state index in [1.165, 1.54) is 5.69 Å². The van der Waals surface area contributed by atoms with Crippen molar-refractivity contribution in [2.75, 3.05) is 24.5 Å². The molecule has 18 heavy (non-hydrogen) atoms. The molecule has 98 valence electrons. The zero-order chi connectivity index (χ0) is 12.8. The van der Waals surface area contributed by atoms with Crippen molar-refractivity contribution in [3.63, 3.8) is 0 Å². The lowest BCUT2D eigenvalue weighted by atomic mass is 10.0. The van der Waals surface area contributed by atoms with Gasteiger partial charge in [-0.1, -0.05) is 18.2 Å². The van der Waals surface area contributed by atoms with Crippen molar-refractivity contribution >= 4 is 11.6 Å². The Balaban J connectivity index is 1.80. The number of amides is 1. The van der Waals surface area contributed by atoms with E-state index in [1.54, 1.807) is 0 Å². The van der Waals surface area contributed by atoms with Crippen LogP contribution >= 0.6 is 0 Å². The van der Waals surface area contributed by atoms with Gasteiger partial charge in [-0.05, 0) is 25.0 Å². The second-order valence-corrected chi connectivity index (χ2v) is 4.70. The third kappa shape index (κ3) is 3.47. The van der Waals surface area contributed by atoms with Gasteiger partial charge in [-0.3, -0.25) is 4.79 Å². The minimum Gasteiger partial charge on any atom is -0.371 e. The van der Waals surface area contributed by atoms with Crippen molar-refractivity contribution in [2.24, 2.45) is 5.73 Å². The number of hydrogen-bond acceptors (Lipinski definition) is 3. The van der Waals surface area contributed by atoms with Gasteiger partial charge >= 0.3 is 0 Å². The summed E-state index contributed by atoms with van der Waals surface area (Å²) >= 11 is 0. The van der Waals surface area contributed by atoms with Gasteiger partial charge in [0.15, 0.2) is 0 Å². The number of nitrogens with one attached hydrogen (secondary N) is 1. The predicted octanol–water partition coefficient (Wildman–Crippen LogP) is 1.12. The molecule has 1 fully saturated rings. The minimum absolute atomic E-state index is 0.0793. The summed E-state index contributed by atoms with van der Waals surface area (Å²) in [6, 6.07) is 10.7. The van der Waals surface area contributed by atoms with Crippen LogP contribution in [-0.2, 0) is 4.79 Å². The van der Waals surface area contributed by atoms with Crippen molar-refractivity contribution < 1.29 is 4.79 Å². The molecule has 1 aliphatic rings. The van der Waals surface area contributed by atoms with Crippen molar-refractivity contribution in [2.45, 2.75) is 25.3 Å². The molecule has 1 aromatic carbocycles. The Hall–Kier alpha value is -1.55. The van der Waals surface area contributed by atoms with Crippen LogP contribution in [0.4, 0.5) is 5.69 Å². The molecule has 1 aliphatic heterocycles. The summed E-state index contributed by atoms with van der Waals surface area (Å²) in [5, 5.41) is 3.05. The molecule has 2 rings (SSSR count). The van der Waals surface area contributed by atoms with E-state index in [2.05, 4.69) is 34.5 Å². The quantitative estimate of drug-likeness (QED) is 0.838. The second-order valence-electron chi connectivity index (χ2n) is 4.70. The fraction of sp³-hybridized carbons (Fsp3) is 0.500. The lowest BCUT2D eigenvalue weighted by molar-refractivity contribution is -0.121. The van der Waals surface area contributed by atoms with Crippen LogP contribution in [0.5, 0.6) is 0 Å². The Labute approximate surface area is 108 Å². The highest BCUT2D eigenvalue weighted by Crippen LogP contribution is 2.19. The third-order valence-corrected chi connectivity index (χ3v) is 3.35. The Bertz CT molecular complexity index is 372. The first-order valence-electron chi connectivity index (χ1n) is 6.59. The lowest BCUT2D eigenvalue weighted by Gasteiger charge is -2.34. The zero-order valence-electron chi connectivity index (χ0n) is 10.6. The molecule has 0 aliphatic carbocycles. The monoisotopic (exact) mass is 247 g/mol. The Morgan fingerprint density at radius 1 is 1.28 bits per heavy atom. The molecule has 3 N–H and O–H groups in total. The van der Waals surface area contributed by atoms with E-state index in [9.17, 15) is 4.79 Å². The molecule has 0 saturated carbocycles. The van der Waals surface area contributed by atoms with E-state index in [4.69, 9.17) is 5.73 Å². The van der Waals surface area contributed by atoms with Gasteiger partial charge in [0.05, 0.1) is 0 Å². The maximum absolute atomic E-state index is 11.5. The molecule has 1 saturated heterocycles. The molecule has 0 unspecified atom stereocenters. The average molecular weight is 247 g/mol. The number of nitrogens with zero attached hydrogens (tertiary/aromatic N) is 1. The first kappa shape index (κ1) is 12.9. The molecule has 0 spiro atoms. The number of piperidine rings is 1. The topological polar surface area (TPSA) is 58.4 Å². The summed E-state index contributed by atoms with van der Waals surface area (Å²) in [7, 11) is 0. The fourth-order valence-corrected chi connectivity index (χ4v) is 2.35. The summed E-state index contributed by atoms with van der Waals surface area (Å²) in [5.74, 6) is 0.0793. The number of rotatable bonds is 4. The van der Waals surface area contributed by atoms with Gasteiger partial charge < -0.3 is 16.0 Å². The molecule has 4 nitrogen and oxygen atoms in total. The van der Waals surface area contributed by atoms with Crippen LogP contribution < -0.4 is 16.0 Å². The highest BCUT2D eigenvalue weighted by molar-refractivity contribution is 5.76. The van der Waals surface area contributed by atoms with E-state index in [1.807, 2.05) is 6.07 Å². The number of para-hydroxylation sites is 1. The first-order valence-corrected chi connectivity index (χ1v) is 6.59. The van der Waals surface area contributed by atoms with Crippen LogP contribution in [0, 0.1) is 0 Å². The number of carbonyl (C=O) groups excluding carboxylic acids is 1. The highest BCUT2D eigenvalue weighted by Gasteiger charge is 2.20. The first-order chi connectivity index (χ1) is 8.79. The summed E-state index contributed by atoms with van der Waals surface area (Å²) in [6.07, 6.45) is 2.44. The van der Waals surface area contributed by atoms with Gasteiger partial charge in [0.25, 0.3) is 0 Å². The Morgan fingerprint density at radius 3 is 2.56 bits per heavy atom. The molecule has 0 bridgehead atoms. The number of carbonyl (C=O) groups is 1. The predicted molar refractivity (Wildman–Crippen MR) is 73.5 cm³/mol. The van der Waals surface area contributed by atoms with Crippen LogP contribution in [-0.4, -0.2) is 31.6 Å². The summed E-state index contributed by atoms with van der Waals surface area (Å²) in [6.45, 7) is 2.42. The standard InChI is InChI=1S/C14H21N3O/c15-9-6-14(18)16-12-7-10-17(11-8-12)13-4-2-1-3-5-13/h1-5,12H,6-11,15H2,(H,16,18). The van der Waals surface area contributed by atoms with Gasteiger partial charge in [0.1, 0.15) is 0 Å². The van der Waals surface area contributed by atoms with E-state index in [0.29, 0.717) is 19.0 Å². The van der Waals surface area contributed by atoms with Crippen molar-refractivity contribution in [3.8, 4) is 0 Å². The largest absolute Gasteiger partial charge is 0.371 e. The summed E-state index contributed by atoms with van der Waals surface area (Å²) < 4.78 is 0. The number of anilines is 1. The fourth-order valence-electron chi connectivity index (χ4n) is 2.35. The smallest absolute Gasteiger partial charge is 0.221 e. The van der Waals surface area contributed by atoms with E-state index >= 15 is 0 Å². The molecule has 0 atom stereocenters. The highest BCUT2D eigenvalue weighted by atomic mass is 16.1. The maximum atomic E-state index is 11.5. The molecular formula is C14H21N3O. The molecule has 4 heteroatoms. The van der Waals surface area contributed by atoms with E-state index < -0.39 is 0 Å². The Kier molecular flexibility index (Phi) is 4.59. The number of benzene rings is 1.